The number of piperidine rings is 2. The van der Waals surface area contributed by atoms with Crippen molar-refractivity contribution in [1.82, 2.24) is 9.58 Å². The van der Waals surface area contributed by atoms with Gasteiger partial charge in [0.05, 0.1) is 5.56 Å². The number of alkyl halides is 2. The molecule has 3 aliphatic carbocycles. The number of rotatable bonds is 1. The number of aromatic nitrogens is 1. The molecule has 1 aromatic heterocycles. The number of benzene rings is 2. The smallest absolute Gasteiger partial charge is 0.280 e. The predicted octanol–water partition coefficient (Wildman–Crippen LogP) is 6.06. The van der Waals surface area contributed by atoms with Gasteiger partial charge in [-0.05, 0) is 95.0 Å². The standard InChI is InChI=1S/C33H28F3N3O3S/c1-16-20-3-2-4-22(21(20)13-17-5-6-23(34)27-26(17)25(16)18(15-43)14-33(27,35)36)32-10-7-19(8-11-32)39-30(42)28-29(41)24(40)9-12-38(28)37-31(32)39/h2-6,9,12,15,19,31,37,41,43H,7-8,10-11,13-14H2,1H3/b18-15-. The zero-order chi connectivity index (χ0) is 30.0. The molecule has 43 heavy (non-hydrogen) atoms. The minimum Gasteiger partial charge on any atom is -0.502 e. The lowest BCUT2D eigenvalue weighted by Gasteiger charge is -2.60. The molecule has 2 N–H and O–H groups in total. The maximum atomic E-state index is 15.5. The van der Waals surface area contributed by atoms with Crippen molar-refractivity contribution in [3.05, 3.63) is 109 Å². The van der Waals surface area contributed by atoms with Gasteiger partial charge < -0.3 is 15.4 Å². The van der Waals surface area contributed by atoms with Crippen LogP contribution in [0.15, 0.2) is 58.4 Å². The summed E-state index contributed by atoms with van der Waals surface area (Å²) in [6.45, 7) is 1.90. The SMILES string of the molecule is CC1=C2/C(=C\S)CC(F)(F)c3c(F)ccc(c32)Cc2c1cccc2C12CCC(CC1)N1C(=O)c3c(O)c(=O)ccn3NC12. The molecule has 4 heterocycles. The van der Waals surface area contributed by atoms with E-state index in [9.17, 15) is 14.7 Å². The number of carbonyl (C=O) groups excluding carboxylic acids is 1. The molecule has 1 saturated carbocycles. The Hall–Kier alpha value is -3.92. The van der Waals surface area contributed by atoms with Crippen molar-refractivity contribution in [2.45, 2.75) is 69.0 Å². The number of allylic oxidation sites excluding steroid dienone is 3. The lowest BCUT2D eigenvalue weighted by molar-refractivity contribution is -0.0224. The van der Waals surface area contributed by atoms with Crippen molar-refractivity contribution in [1.29, 1.82) is 0 Å². The molecule has 6 nitrogen and oxygen atoms in total. The van der Waals surface area contributed by atoms with E-state index in [1.54, 1.807) is 11.0 Å². The number of nitrogens with one attached hydrogen (secondary N) is 1. The maximum Gasteiger partial charge on any atom is 0.280 e. The second kappa shape index (κ2) is 8.81. The fourth-order valence-electron chi connectivity index (χ4n) is 8.57. The van der Waals surface area contributed by atoms with Gasteiger partial charge in [-0.25, -0.2) is 13.2 Å². The number of pyridine rings is 1. The highest BCUT2D eigenvalue weighted by atomic mass is 32.1. The quantitative estimate of drug-likeness (QED) is 0.296. The Bertz CT molecular complexity index is 1900. The van der Waals surface area contributed by atoms with E-state index >= 15 is 13.2 Å². The van der Waals surface area contributed by atoms with Crippen LogP contribution in [0.25, 0.3) is 11.1 Å². The summed E-state index contributed by atoms with van der Waals surface area (Å²) < 4.78 is 47.5. The molecule has 0 spiro atoms. The first kappa shape index (κ1) is 26.7. The minimum atomic E-state index is -3.37. The summed E-state index contributed by atoms with van der Waals surface area (Å²) in [6, 6.07) is 9.98. The average molecular weight is 604 g/mol. The van der Waals surface area contributed by atoms with E-state index < -0.39 is 52.4 Å². The van der Waals surface area contributed by atoms with Crippen LogP contribution in [0.1, 0.15) is 82.9 Å². The molecular weight excluding hydrogens is 575 g/mol. The molecule has 2 bridgehead atoms. The molecule has 3 aromatic rings. The molecule has 10 heteroatoms. The van der Waals surface area contributed by atoms with Gasteiger partial charge in [0.15, 0.2) is 11.4 Å². The number of aromatic hydroxyl groups is 1. The monoisotopic (exact) mass is 603 g/mol. The minimum absolute atomic E-state index is 0.0448. The normalized spacial score (nSPS) is 27.2. The van der Waals surface area contributed by atoms with Crippen molar-refractivity contribution in [3.63, 3.8) is 0 Å². The summed E-state index contributed by atoms with van der Waals surface area (Å²) in [5.41, 5.74) is 7.20. The highest BCUT2D eigenvalue weighted by Gasteiger charge is 2.58. The van der Waals surface area contributed by atoms with E-state index in [0.717, 1.165) is 54.0 Å². The molecule has 1 atom stereocenters. The van der Waals surface area contributed by atoms with Crippen molar-refractivity contribution >= 4 is 29.7 Å². The summed E-state index contributed by atoms with van der Waals surface area (Å²) in [7, 11) is 0. The molecule has 3 fully saturated rings. The van der Waals surface area contributed by atoms with Gasteiger partial charge in [0.1, 0.15) is 12.0 Å². The van der Waals surface area contributed by atoms with Gasteiger partial charge in [-0.15, -0.1) is 0 Å². The third-order valence-corrected chi connectivity index (χ3v) is 10.7. The number of hydrogen-bond donors (Lipinski definition) is 3. The Morgan fingerprint density at radius 1 is 1.12 bits per heavy atom. The van der Waals surface area contributed by atoms with Crippen LogP contribution in [0.3, 0.4) is 0 Å². The average Bonchev–Trinajstić information content (AvgIpc) is 3.12. The van der Waals surface area contributed by atoms with E-state index in [1.807, 2.05) is 19.1 Å². The van der Waals surface area contributed by atoms with Crippen LogP contribution in [0.4, 0.5) is 13.2 Å². The Labute approximate surface area is 250 Å². The molecule has 6 aliphatic rings. The molecule has 3 aliphatic heterocycles. The van der Waals surface area contributed by atoms with E-state index in [0.29, 0.717) is 23.1 Å². The van der Waals surface area contributed by atoms with Gasteiger partial charge in [0.25, 0.3) is 11.8 Å². The third-order valence-electron chi connectivity index (χ3n) is 10.4. The Morgan fingerprint density at radius 3 is 2.63 bits per heavy atom. The molecule has 220 valence electrons. The van der Waals surface area contributed by atoms with E-state index in [1.165, 1.54) is 22.3 Å². The molecule has 9 rings (SSSR count). The van der Waals surface area contributed by atoms with Crippen LogP contribution >= 0.6 is 12.6 Å². The van der Waals surface area contributed by atoms with E-state index in [-0.39, 0.29) is 17.3 Å². The lowest BCUT2D eigenvalue weighted by Crippen LogP contribution is -2.71. The first-order valence-electron chi connectivity index (χ1n) is 14.5. The second-order valence-corrected chi connectivity index (χ2v) is 12.6. The maximum absolute atomic E-state index is 15.5. The zero-order valence-electron chi connectivity index (χ0n) is 23.3. The summed E-state index contributed by atoms with van der Waals surface area (Å²) in [6.07, 6.45) is 3.77. The number of halogens is 3. The van der Waals surface area contributed by atoms with Gasteiger partial charge in [0, 0.05) is 30.1 Å². The molecule has 2 aromatic carbocycles. The number of fused-ring (bicyclic) bond motifs is 4. The van der Waals surface area contributed by atoms with Crippen LogP contribution in [-0.4, -0.2) is 32.8 Å². The molecule has 1 unspecified atom stereocenters. The fourth-order valence-corrected chi connectivity index (χ4v) is 8.79. The van der Waals surface area contributed by atoms with Gasteiger partial charge in [-0.3, -0.25) is 14.3 Å². The van der Waals surface area contributed by atoms with Crippen molar-refractivity contribution in [2.24, 2.45) is 0 Å². The van der Waals surface area contributed by atoms with Gasteiger partial charge >= 0.3 is 0 Å². The van der Waals surface area contributed by atoms with Crippen LogP contribution in [0.2, 0.25) is 0 Å². The lowest BCUT2D eigenvalue weighted by atomic mass is 9.60. The molecule has 1 amide bonds. The highest BCUT2D eigenvalue weighted by Crippen LogP contribution is 2.57. The Morgan fingerprint density at radius 2 is 1.88 bits per heavy atom. The van der Waals surface area contributed by atoms with E-state index in [4.69, 9.17) is 0 Å². The van der Waals surface area contributed by atoms with Crippen molar-refractivity contribution in [3.8, 4) is 5.75 Å². The first-order chi connectivity index (χ1) is 20.6. The fraction of sp³-hybridized carbons (Fsp3) is 0.333. The van der Waals surface area contributed by atoms with Crippen LogP contribution in [0.5, 0.6) is 5.75 Å². The Kier molecular flexibility index (Phi) is 5.47. The van der Waals surface area contributed by atoms with Crippen molar-refractivity contribution < 1.29 is 23.1 Å². The third kappa shape index (κ3) is 3.38. The Balaban J connectivity index is 1.36. The van der Waals surface area contributed by atoms with Crippen LogP contribution in [-0.2, 0) is 17.8 Å². The second-order valence-electron chi connectivity index (χ2n) is 12.4. The summed E-state index contributed by atoms with van der Waals surface area (Å²) in [5, 5.41) is 11.9. The number of amides is 1. The largest absolute Gasteiger partial charge is 0.502 e. The summed E-state index contributed by atoms with van der Waals surface area (Å²) >= 11 is 4.30. The van der Waals surface area contributed by atoms with Crippen molar-refractivity contribution in [2.75, 3.05) is 5.43 Å². The molecule has 2 saturated heterocycles. The van der Waals surface area contributed by atoms with Gasteiger partial charge in [-0.2, -0.15) is 12.6 Å². The predicted molar refractivity (Wildman–Crippen MR) is 159 cm³/mol. The topological polar surface area (TPSA) is 74.6 Å². The zero-order valence-corrected chi connectivity index (χ0v) is 24.1. The number of carbonyl (C=O) groups is 1. The highest BCUT2D eigenvalue weighted by molar-refractivity contribution is 7.83. The van der Waals surface area contributed by atoms with E-state index in [2.05, 4.69) is 24.1 Å². The van der Waals surface area contributed by atoms with Crippen LogP contribution < -0.4 is 10.9 Å². The molecule has 0 radical (unpaired) electrons. The number of nitrogens with zero attached hydrogens (tertiary/aromatic N) is 2. The van der Waals surface area contributed by atoms with Gasteiger partial charge in [0.2, 0.25) is 5.43 Å². The van der Waals surface area contributed by atoms with Gasteiger partial charge in [-0.1, -0.05) is 24.3 Å². The summed E-state index contributed by atoms with van der Waals surface area (Å²) in [5.74, 6) is -5.26. The number of thiol groups is 1. The van der Waals surface area contributed by atoms with Crippen LogP contribution in [0, 0.1) is 5.82 Å². The first-order valence-corrected chi connectivity index (χ1v) is 15.0. The number of hydrogen-bond acceptors (Lipinski definition) is 5. The molecular formula is C33H28F3N3O3S. The summed E-state index contributed by atoms with van der Waals surface area (Å²) in [4.78, 5) is 27.9.